The summed E-state index contributed by atoms with van der Waals surface area (Å²) in [5, 5.41) is 0. The van der Waals surface area contributed by atoms with Gasteiger partial charge in [0.05, 0.1) is 80.0 Å². The first-order valence-corrected chi connectivity index (χ1v) is 21.7. The molecule has 0 aromatic heterocycles. The highest BCUT2D eigenvalue weighted by Gasteiger charge is 2.20. The van der Waals surface area contributed by atoms with Crippen molar-refractivity contribution in [1.82, 2.24) is 0 Å². The zero-order valence-corrected chi connectivity index (χ0v) is 35.4. The Morgan fingerprint density at radius 2 is 0.404 bits per heavy atom. The molecule has 0 heterocycles. The minimum absolute atomic E-state index is 1.32. The van der Waals surface area contributed by atoms with Gasteiger partial charge in [-0.25, -0.2) is 0 Å². The smallest absolute Gasteiger partial charge is 0.0784 e. The van der Waals surface area contributed by atoms with Crippen molar-refractivity contribution in [3.63, 3.8) is 0 Å². The molecule has 0 aromatic rings. The van der Waals surface area contributed by atoms with Crippen LogP contribution >= 0.6 is 7.82 Å². The molecule has 0 bridgehead atoms. The number of quaternary nitrogens is 3. The SMILES string of the molecule is CCCC[N+](C)(CCCC)CCCC.CCCC[N+](C)(CCCC)CCCC.CCCC[N+](C)(CCCC)CCCC.O=P([O-])([O-])[O-]. The Labute approximate surface area is 297 Å². The van der Waals surface area contributed by atoms with E-state index in [9.17, 15) is 0 Å². The molecule has 0 fully saturated rings. The maximum absolute atomic E-state index is 8.55. The van der Waals surface area contributed by atoms with E-state index in [1.165, 1.54) is 188 Å². The average Bonchev–Trinajstić information content (AvgIpc) is 3.03. The molecule has 0 atom stereocenters. The van der Waals surface area contributed by atoms with E-state index >= 15 is 0 Å². The highest BCUT2D eigenvalue weighted by atomic mass is 31.2. The summed E-state index contributed by atoms with van der Waals surface area (Å²) in [4.78, 5) is 25.6. The van der Waals surface area contributed by atoms with Gasteiger partial charge in [-0.1, -0.05) is 120 Å². The van der Waals surface area contributed by atoms with Crippen molar-refractivity contribution in [2.45, 2.75) is 178 Å². The number of phosphoric acid groups is 1. The Bertz CT molecular complexity index is 515. The fourth-order valence-electron chi connectivity index (χ4n) is 5.86. The molecule has 0 aliphatic rings. The molecule has 0 saturated carbocycles. The second kappa shape index (κ2) is 35.8. The van der Waals surface area contributed by atoms with Crippen LogP contribution in [0, 0.1) is 0 Å². The summed E-state index contributed by atoms with van der Waals surface area (Å²) in [5.74, 6) is 0. The molecular formula is C39H90N3O4P. The number of unbranched alkanes of at least 4 members (excludes halogenated alkanes) is 9. The summed E-state index contributed by atoms with van der Waals surface area (Å²) in [6.07, 6.45) is 24.6. The second-order valence-corrected chi connectivity index (χ2v) is 15.9. The lowest BCUT2D eigenvalue weighted by Gasteiger charge is -2.36. The monoisotopic (exact) mass is 696 g/mol. The maximum atomic E-state index is 8.55. The van der Waals surface area contributed by atoms with Crippen LogP contribution in [0.3, 0.4) is 0 Å². The summed E-state index contributed by atoms with van der Waals surface area (Å²) in [6.45, 7) is 33.1. The van der Waals surface area contributed by atoms with Crippen LogP contribution in [0.4, 0.5) is 0 Å². The maximum Gasteiger partial charge on any atom is 0.0784 e. The van der Waals surface area contributed by atoms with Gasteiger partial charge >= 0.3 is 0 Å². The highest BCUT2D eigenvalue weighted by molar-refractivity contribution is 7.40. The fraction of sp³-hybridized carbons (Fsp3) is 1.00. The van der Waals surface area contributed by atoms with Crippen LogP contribution in [0.15, 0.2) is 0 Å². The quantitative estimate of drug-likeness (QED) is 0.0636. The molecule has 0 spiro atoms. The van der Waals surface area contributed by atoms with Gasteiger partial charge in [0.1, 0.15) is 0 Å². The van der Waals surface area contributed by atoms with E-state index in [4.69, 9.17) is 19.2 Å². The Kier molecular flexibility index (Phi) is 41.0. The van der Waals surface area contributed by atoms with E-state index in [0.29, 0.717) is 0 Å². The third kappa shape index (κ3) is 44.0. The van der Waals surface area contributed by atoms with E-state index in [-0.39, 0.29) is 0 Å². The summed E-state index contributed by atoms with van der Waals surface area (Å²) in [7, 11) is 1.95. The van der Waals surface area contributed by atoms with Crippen LogP contribution in [-0.2, 0) is 4.57 Å². The Hall–Kier alpha value is -0.0100. The van der Waals surface area contributed by atoms with Gasteiger partial charge in [0, 0.05) is 0 Å². The Morgan fingerprint density at radius 3 is 0.468 bits per heavy atom. The lowest BCUT2D eigenvalue weighted by molar-refractivity contribution is -0.910. The number of nitrogens with zero attached hydrogens (tertiary/aromatic N) is 3. The first-order chi connectivity index (χ1) is 22.0. The van der Waals surface area contributed by atoms with Gasteiger partial charge < -0.3 is 32.7 Å². The van der Waals surface area contributed by atoms with E-state index in [1.807, 2.05) is 0 Å². The predicted octanol–water partition coefficient (Wildman–Crippen LogP) is 8.68. The molecule has 0 rings (SSSR count). The third-order valence-corrected chi connectivity index (χ3v) is 9.46. The highest BCUT2D eigenvalue weighted by Crippen LogP contribution is 2.13. The van der Waals surface area contributed by atoms with Gasteiger partial charge in [-0.15, -0.1) is 0 Å². The van der Waals surface area contributed by atoms with E-state index in [0.717, 1.165) is 0 Å². The van der Waals surface area contributed by atoms with Gasteiger partial charge in [0.15, 0.2) is 0 Å². The summed E-state index contributed by atoms with van der Waals surface area (Å²) in [6, 6.07) is 0. The van der Waals surface area contributed by atoms with Gasteiger partial charge in [-0.3, -0.25) is 0 Å². The van der Waals surface area contributed by atoms with Crippen molar-refractivity contribution in [2.75, 3.05) is 80.0 Å². The van der Waals surface area contributed by atoms with Crippen LogP contribution in [0.5, 0.6) is 0 Å². The first-order valence-electron chi connectivity index (χ1n) is 20.3. The van der Waals surface area contributed by atoms with Crippen molar-refractivity contribution in [3.8, 4) is 0 Å². The molecule has 0 saturated heterocycles. The number of hydrogen-bond acceptors (Lipinski definition) is 4. The van der Waals surface area contributed by atoms with Crippen molar-refractivity contribution in [3.05, 3.63) is 0 Å². The van der Waals surface area contributed by atoms with Crippen LogP contribution in [0.1, 0.15) is 178 Å². The lowest BCUT2D eigenvalue weighted by atomic mass is 10.2. The molecule has 0 aromatic carbocycles. The molecule has 0 radical (unpaired) electrons. The topological polar surface area (TPSA) is 86.2 Å². The zero-order valence-electron chi connectivity index (χ0n) is 34.5. The van der Waals surface area contributed by atoms with Crippen LogP contribution in [0.25, 0.3) is 0 Å². The minimum Gasteiger partial charge on any atom is -0.822 e. The lowest BCUT2D eigenvalue weighted by Crippen LogP contribution is -2.46. The van der Waals surface area contributed by atoms with Crippen molar-refractivity contribution in [1.29, 1.82) is 0 Å². The molecule has 0 unspecified atom stereocenters. The minimum atomic E-state index is -5.39. The normalized spacial score (nSPS) is 12.0. The number of hydrogen-bond donors (Lipinski definition) is 0. The third-order valence-electron chi connectivity index (χ3n) is 9.46. The molecule has 7 nitrogen and oxygen atoms in total. The Balaban J connectivity index is -0.000000275. The fourth-order valence-corrected chi connectivity index (χ4v) is 5.86. The zero-order chi connectivity index (χ0) is 37.1. The summed E-state index contributed by atoms with van der Waals surface area (Å²) >= 11 is 0. The van der Waals surface area contributed by atoms with E-state index < -0.39 is 7.82 Å². The van der Waals surface area contributed by atoms with Crippen molar-refractivity contribution in [2.24, 2.45) is 0 Å². The molecule has 0 N–H and O–H groups in total. The molecule has 0 amide bonds. The average molecular weight is 696 g/mol. The molecule has 290 valence electrons. The van der Waals surface area contributed by atoms with Crippen molar-refractivity contribution < 1.29 is 32.7 Å². The second-order valence-electron chi connectivity index (χ2n) is 15.0. The molecule has 8 heteroatoms. The van der Waals surface area contributed by atoms with Crippen LogP contribution in [-0.4, -0.2) is 93.5 Å². The predicted molar refractivity (Wildman–Crippen MR) is 204 cm³/mol. The van der Waals surface area contributed by atoms with Gasteiger partial charge in [-0.05, 0) is 57.8 Å². The van der Waals surface area contributed by atoms with Gasteiger partial charge in [-0.2, -0.15) is 7.82 Å². The largest absolute Gasteiger partial charge is 0.822 e. The molecule has 0 aliphatic carbocycles. The summed E-state index contributed by atoms with van der Waals surface area (Å²) in [5.41, 5.74) is 0. The van der Waals surface area contributed by atoms with E-state index in [1.54, 1.807) is 0 Å². The first kappa shape index (κ1) is 53.8. The molecular weight excluding hydrogens is 605 g/mol. The number of rotatable bonds is 27. The summed E-state index contributed by atoms with van der Waals surface area (Å²) < 4.78 is 12.5. The molecule has 47 heavy (non-hydrogen) atoms. The Morgan fingerprint density at radius 1 is 0.319 bits per heavy atom. The van der Waals surface area contributed by atoms with Crippen LogP contribution < -0.4 is 14.7 Å². The van der Waals surface area contributed by atoms with Crippen LogP contribution in [0.2, 0.25) is 0 Å². The molecule has 0 aliphatic heterocycles. The van der Waals surface area contributed by atoms with Crippen molar-refractivity contribution >= 4 is 7.82 Å². The van der Waals surface area contributed by atoms with E-state index in [2.05, 4.69) is 83.5 Å². The standard InChI is InChI=1S/3C13H30N.H3O4P/c3*1-5-8-11-14(4,12-9-6-2)13-10-7-3;1-5(2,3)4/h3*5-13H2,1-4H3;(H3,1,2,3,4)/q3*+1;/p-3. The van der Waals surface area contributed by atoms with Gasteiger partial charge in [0.2, 0.25) is 0 Å². The van der Waals surface area contributed by atoms with Gasteiger partial charge in [0.25, 0.3) is 0 Å².